The van der Waals surface area contributed by atoms with Crippen LogP contribution in [0.15, 0.2) is 48.5 Å². The van der Waals surface area contributed by atoms with Gasteiger partial charge in [0.1, 0.15) is 11.9 Å². The number of rotatable bonds is 6. The van der Waals surface area contributed by atoms with E-state index < -0.39 is 58.8 Å². The molecule has 1 atom stereocenters. The standard InChI is InChI=1S/C21H14F5NO3/c22-15-13(16(23)18(25)19(26)17(15)24)9-27-11-6-7-14(28)12(8-11)21(30)20(29)10-4-2-1-3-5-10/h1-8,21,27-28,30H,9H2. The minimum atomic E-state index is -2.26. The van der Waals surface area contributed by atoms with Gasteiger partial charge in [0, 0.05) is 28.9 Å². The van der Waals surface area contributed by atoms with Gasteiger partial charge < -0.3 is 15.5 Å². The number of halogens is 5. The van der Waals surface area contributed by atoms with Crippen molar-refractivity contribution in [1.29, 1.82) is 0 Å². The van der Waals surface area contributed by atoms with Gasteiger partial charge in [-0.3, -0.25) is 4.79 Å². The minimum absolute atomic E-state index is 0.0617. The molecule has 3 aromatic rings. The van der Waals surface area contributed by atoms with Gasteiger partial charge in [-0.25, -0.2) is 22.0 Å². The quantitative estimate of drug-likeness (QED) is 0.178. The molecule has 0 heterocycles. The van der Waals surface area contributed by atoms with Gasteiger partial charge in [-0.05, 0) is 18.2 Å². The second-order valence-corrected chi connectivity index (χ2v) is 6.31. The molecule has 30 heavy (non-hydrogen) atoms. The van der Waals surface area contributed by atoms with Gasteiger partial charge >= 0.3 is 0 Å². The van der Waals surface area contributed by atoms with E-state index in [-0.39, 0.29) is 16.8 Å². The summed E-state index contributed by atoms with van der Waals surface area (Å²) in [6, 6.07) is 11.3. The molecule has 0 aliphatic heterocycles. The van der Waals surface area contributed by atoms with Gasteiger partial charge in [0.25, 0.3) is 0 Å². The number of Topliss-reactive ketones (excluding diaryl/α,β-unsaturated/α-hetero) is 1. The Morgan fingerprint density at radius 1 is 0.867 bits per heavy atom. The van der Waals surface area contributed by atoms with Crippen LogP contribution in [0.25, 0.3) is 0 Å². The lowest BCUT2D eigenvalue weighted by atomic mass is 9.98. The third kappa shape index (κ3) is 3.97. The molecule has 156 valence electrons. The van der Waals surface area contributed by atoms with E-state index in [1.807, 2.05) is 0 Å². The molecular formula is C21H14F5NO3. The molecule has 0 bridgehead atoms. The summed E-state index contributed by atoms with van der Waals surface area (Å²) in [5.41, 5.74) is -1.04. The summed E-state index contributed by atoms with van der Waals surface area (Å²) >= 11 is 0. The van der Waals surface area contributed by atoms with Crippen molar-refractivity contribution in [2.75, 3.05) is 5.32 Å². The van der Waals surface area contributed by atoms with Crippen LogP contribution in [-0.2, 0) is 6.54 Å². The average Bonchev–Trinajstić information content (AvgIpc) is 2.77. The number of nitrogens with one attached hydrogen (secondary N) is 1. The first-order valence-electron chi connectivity index (χ1n) is 8.56. The molecule has 1 unspecified atom stereocenters. The highest BCUT2D eigenvalue weighted by Gasteiger charge is 2.26. The maximum atomic E-state index is 13.8. The van der Waals surface area contributed by atoms with Crippen LogP contribution in [0.5, 0.6) is 5.75 Å². The van der Waals surface area contributed by atoms with Crippen LogP contribution in [-0.4, -0.2) is 16.0 Å². The first-order chi connectivity index (χ1) is 14.2. The summed E-state index contributed by atoms with van der Waals surface area (Å²) in [6.45, 7) is -0.779. The molecule has 0 saturated carbocycles. The van der Waals surface area contributed by atoms with E-state index in [9.17, 15) is 37.0 Å². The van der Waals surface area contributed by atoms with E-state index >= 15 is 0 Å². The van der Waals surface area contributed by atoms with Crippen molar-refractivity contribution >= 4 is 11.5 Å². The predicted molar refractivity (Wildman–Crippen MR) is 97.4 cm³/mol. The molecule has 0 spiro atoms. The Hall–Kier alpha value is -3.46. The molecule has 0 aromatic heterocycles. The Morgan fingerprint density at radius 3 is 2.03 bits per heavy atom. The number of aliphatic hydroxyl groups is 1. The van der Waals surface area contributed by atoms with E-state index in [0.29, 0.717) is 0 Å². The predicted octanol–water partition coefficient (Wildman–Crippen LogP) is 4.62. The zero-order valence-electron chi connectivity index (χ0n) is 15.1. The van der Waals surface area contributed by atoms with Gasteiger partial charge in [-0.2, -0.15) is 0 Å². The highest BCUT2D eigenvalue weighted by Crippen LogP contribution is 2.30. The van der Waals surface area contributed by atoms with E-state index in [1.165, 1.54) is 18.2 Å². The number of anilines is 1. The van der Waals surface area contributed by atoms with Gasteiger partial charge in [0.05, 0.1) is 0 Å². The lowest BCUT2D eigenvalue weighted by molar-refractivity contribution is 0.0742. The van der Waals surface area contributed by atoms with Crippen LogP contribution in [0, 0.1) is 29.1 Å². The van der Waals surface area contributed by atoms with Crippen LogP contribution in [0.2, 0.25) is 0 Å². The van der Waals surface area contributed by atoms with Crippen molar-refractivity contribution < 1.29 is 37.0 Å². The highest BCUT2D eigenvalue weighted by molar-refractivity contribution is 6.00. The zero-order valence-corrected chi connectivity index (χ0v) is 15.1. The monoisotopic (exact) mass is 423 g/mol. The Balaban J connectivity index is 1.86. The molecule has 0 fully saturated rings. The van der Waals surface area contributed by atoms with E-state index in [1.54, 1.807) is 18.2 Å². The minimum Gasteiger partial charge on any atom is -0.508 e. The molecule has 9 heteroatoms. The van der Waals surface area contributed by atoms with Crippen LogP contribution in [0.1, 0.15) is 27.6 Å². The van der Waals surface area contributed by atoms with Crippen LogP contribution in [0.4, 0.5) is 27.6 Å². The molecule has 0 aliphatic rings. The molecule has 0 amide bonds. The fourth-order valence-corrected chi connectivity index (χ4v) is 2.78. The number of aliphatic hydroxyl groups excluding tert-OH is 1. The third-order valence-corrected chi connectivity index (χ3v) is 4.40. The molecule has 4 nitrogen and oxygen atoms in total. The number of carbonyl (C=O) groups excluding carboxylic acids is 1. The Morgan fingerprint density at radius 2 is 1.43 bits per heavy atom. The van der Waals surface area contributed by atoms with Crippen molar-refractivity contribution in [3.63, 3.8) is 0 Å². The second-order valence-electron chi connectivity index (χ2n) is 6.31. The summed E-state index contributed by atoms with van der Waals surface area (Å²) in [7, 11) is 0. The fraction of sp³-hybridized carbons (Fsp3) is 0.0952. The largest absolute Gasteiger partial charge is 0.508 e. The van der Waals surface area contributed by atoms with Gasteiger partial charge in [-0.1, -0.05) is 30.3 Å². The summed E-state index contributed by atoms with van der Waals surface area (Å²) in [4.78, 5) is 12.4. The average molecular weight is 423 g/mol. The normalized spacial score (nSPS) is 11.9. The van der Waals surface area contributed by atoms with Gasteiger partial charge in [-0.15, -0.1) is 0 Å². The van der Waals surface area contributed by atoms with Crippen LogP contribution < -0.4 is 5.32 Å². The van der Waals surface area contributed by atoms with E-state index in [4.69, 9.17) is 0 Å². The number of phenolic OH excluding ortho intramolecular Hbond substituents is 1. The van der Waals surface area contributed by atoms with Crippen molar-refractivity contribution in [2.45, 2.75) is 12.6 Å². The third-order valence-electron chi connectivity index (χ3n) is 4.40. The van der Waals surface area contributed by atoms with Crippen LogP contribution in [0.3, 0.4) is 0 Å². The van der Waals surface area contributed by atoms with Crippen molar-refractivity contribution in [3.8, 4) is 5.75 Å². The molecule has 3 aromatic carbocycles. The molecule has 0 aliphatic carbocycles. The Kier molecular flexibility index (Phi) is 6.02. The number of ketones is 1. The zero-order chi connectivity index (χ0) is 22.0. The van der Waals surface area contributed by atoms with Crippen LogP contribution >= 0.6 is 0 Å². The van der Waals surface area contributed by atoms with Crippen molar-refractivity contribution in [1.82, 2.24) is 0 Å². The second kappa shape index (κ2) is 8.50. The van der Waals surface area contributed by atoms with Crippen molar-refractivity contribution in [3.05, 3.63) is 94.3 Å². The lowest BCUT2D eigenvalue weighted by Gasteiger charge is -2.15. The highest BCUT2D eigenvalue weighted by atomic mass is 19.2. The molecule has 3 rings (SSSR count). The molecule has 0 saturated heterocycles. The maximum absolute atomic E-state index is 13.8. The smallest absolute Gasteiger partial charge is 0.200 e. The lowest BCUT2D eigenvalue weighted by Crippen LogP contribution is -2.13. The number of hydrogen-bond donors (Lipinski definition) is 3. The molecular weight excluding hydrogens is 409 g/mol. The number of aromatic hydroxyl groups is 1. The van der Waals surface area contributed by atoms with Gasteiger partial charge in [0.15, 0.2) is 29.1 Å². The Bertz CT molecular complexity index is 1080. The molecule has 0 radical (unpaired) electrons. The topological polar surface area (TPSA) is 69.6 Å². The number of hydrogen-bond acceptors (Lipinski definition) is 4. The fourth-order valence-electron chi connectivity index (χ4n) is 2.78. The first kappa shape index (κ1) is 21.3. The van der Waals surface area contributed by atoms with Gasteiger partial charge in [0.2, 0.25) is 5.82 Å². The number of benzene rings is 3. The van der Waals surface area contributed by atoms with E-state index in [0.717, 1.165) is 12.1 Å². The summed E-state index contributed by atoms with van der Waals surface area (Å²) in [5, 5.41) is 22.8. The summed E-state index contributed by atoms with van der Waals surface area (Å²) < 4.78 is 67.3. The maximum Gasteiger partial charge on any atom is 0.200 e. The van der Waals surface area contributed by atoms with E-state index in [2.05, 4.69) is 5.32 Å². The SMILES string of the molecule is O=C(c1ccccc1)C(O)c1cc(NCc2c(F)c(F)c(F)c(F)c2F)ccc1O. The Labute approximate surface area is 167 Å². The molecule has 3 N–H and O–H groups in total. The summed E-state index contributed by atoms with van der Waals surface area (Å²) in [5.74, 6) is -11.5. The number of phenols is 1. The first-order valence-corrected chi connectivity index (χ1v) is 8.56. The summed E-state index contributed by atoms with van der Waals surface area (Å²) in [6.07, 6.45) is -1.75. The number of carbonyl (C=O) groups is 1. The van der Waals surface area contributed by atoms with Crippen molar-refractivity contribution in [2.24, 2.45) is 0 Å².